The molecule has 130 valence electrons. The second-order valence-electron chi connectivity index (χ2n) is 6.13. The van der Waals surface area contributed by atoms with Gasteiger partial charge in [-0.15, -0.1) is 6.58 Å². The molecule has 3 heterocycles. The largest absolute Gasteiger partial charge is 0.340 e. The third-order valence-corrected chi connectivity index (χ3v) is 4.48. The molecule has 3 rings (SSSR count). The van der Waals surface area contributed by atoms with Crippen molar-refractivity contribution < 1.29 is 0 Å². The zero-order chi connectivity index (χ0) is 17.3. The second-order valence-corrected chi connectivity index (χ2v) is 6.13. The van der Waals surface area contributed by atoms with E-state index >= 15 is 0 Å². The first-order valence-corrected chi connectivity index (χ1v) is 8.34. The minimum atomic E-state index is -0.434. The standard InChI is InChI=1S/C16H24N6O2/c1-4-6-20-8-10-21(11-9-20)15-17-13-12(22(15)7-5-2)14(23)18-16(24)19(13)3/h4H,1,5-11H2,2-3H3,(H,18,23,24). The Morgan fingerprint density at radius 2 is 1.96 bits per heavy atom. The Bertz CT molecular complexity index is 854. The number of H-pyrrole nitrogens is 1. The number of fused-ring (bicyclic) bond motifs is 1. The fourth-order valence-corrected chi connectivity index (χ4v) is 3.21. The number of rotatable bonds is 5. The van der Waals surface area contributed by atoms with Gasteiger partial charge in [-0.2, -0.15) is 4.98 Å². The molecule has 8 heteroatoms. The van der Waals surface area contributed by atoms with Crippen molar-refractivity contribution in [2.24, 2.45) is 7.05 Å². The van der Waals surface area contributed by atoms with Gasteiger partial charge in [-0.1, -0.05) is 13.0 Å². The number of hydrogen-bond acceptors (Lipinski definition) is 5. The first kappa shape index (κ1) is 16.5. The molecule has 0 bridgehead atoms. The number of imidazole rings is 1. The van der Waals surface area contributed by atoms with Gasteiger partial charge < -0.3 is 9.47 Å². The maximum Gasteiger partial charge on any atom is 0.329 e. The lowest BCUT2D eigenvalue weighted by atomic mass is 10.3. The molecule has 1 aliphatic rings. The summed E-state index contributed by atoms with van der Waals surface area (Å²) in [4.78, 5) is 35.7. The Hall–Kier alpha value is -2.35. The third-order valence-electron chi connectivity index (χ3n) is 4.48. The minimum absolute atomic E-state index is 0.370. The summed E-state index contributed by atoms with van der Waals surface area (Å²) >= 11 is 0. The fourth-order valence-electron chi connectivity index (χ4n) is 3.21. The van der Waals surface area contributed by atoms with Crippen molar-refractivity contribution in [3.8, 4) is 0 Å². The molecule has 0 aromatic carbocycles. The molecule has 0 aliphatic carbocycles. The van der Waals surface area contributed by atoms with Crippen LogP contribution in [0.4, 0.5) is 5.95 Å². The van der Waals surface area contributed by atoms with Crippen molar-refractivity contribution in [1.82, 2.24) is 24.0 Å². The Morgan fingerprint density at radius 1 is 1.25 bits per heavy atom. The van der Waals surface area contributed by atoms with E-state index in [-0.39, 0.29) is 5.56 Å². The number of piperazine rings is 1. The van der Waals surface area contributed by atoms with Gasteiger partial charge in [-0.05, 0) is 6.42 Å². The lowest BCUT2D eigenvalue weighted by Crippen LogP contribution is -2.47. The van der Waals surface area contributed by atoms with Crippen molar-refractivity contribution >= 4 is 17.1 Å². The van der Waals surface area contributed by atoms with Crippen molar-refractivity contribution in [2.75, 3.05) is 37.6 Å². The van der Waals surface area contributed by atoms with E-state index in [1.54, 1.807) is 7.05 Å². The molecule has 1 aliphatic heterocycles. The number of aromatic amines is 1. The molecule has 0 saturated carbocycles. The Balaban J connectivity index is 2.05. The molecule has 8 nitrogen and oxygen atoms in total. The highest BCUT2D eigenvalue weighted by Gasteiger charge is 2.24. The average Bonchev–Trinajstić information content (AvgIpc) is 2.94. The predicted molar refractivity (Wildman–Crippen MR) is 94.7 cm³/mol. The highest BCUT2D eigenvalue weighted by atomic mass is 16.2. The number of nitrogens with zero attached hydrogens (tertiary/aromatic N) is 5. The van der Waals surface area contributed by atoms with Crippen LogP contribution in [0, 0.1) is 0 Å². The van der Waals surface area contributed by atoms with E-state index in [4.69, 9.17) is 0 Å². The summed E-state index contributed by atoms with van der Waals surface area (Å²) in [7, 11) is 1.63. The van der Waals surface area contributed by atoms with Gasteiger partial charge in [0.15, 0.2) is 11.2 Å². The molecule has 2 aromatic heterocycles. The zero-order valence-electron chi connectivity index (χ0n) is 14.3. The SMILES string of the molecule is C=CCN1CCN(c2nc3c(c(=O)[nH]c(=O)n3C)n2CCC)CC1. The molecule has 1 fully saturated rings. The molecule has 0 unspecified atom stereocenters. The molecule has 2 aromatic rings. The van der Waals surface area contributed by atoms with Crippen molar-refractivity contribution in [3.05, 3.63) is 33.5 Å². The van der Waals surface area contributed by atoms with Crippen LogP contribution in [0.3, 0.4) is 0 Å². The van der Waals surface area contributed by atoms with Gasteiger partial charge in [0.1, 0.15) is 0 Å². The molecule has 0 radical (unpaired) electrons. The van der Waals surface area contributed by atoms with Crippen LogP contribution < -0.4 is 16.1 Å². The maximum absolute atomic E-state index is 12.3. The van der Waals surface area contributed by atoms with Gasteiger partial charge >= 0.3 is 5.69 Å². The molecular formula is C16H24N6O2. The lowest BCUT2D eigenvalue weighted by molar-refractivity contribution is 0.282. The van der Waals surface area contributed by atoms with Gasteiger partial charge in [0.2, 0.25) is 5.95 Å². The van der Waals surface area contributed by atoms with Crippen LogP contribution >= 0.6 is 0 Å². The van der Waals surface area contributed by atoms with E-state index in [2.05, 4.69) is 33.3 Å². The summed E-state index contributed by atoms with van der Waals surface area (Å²) in [5.41, 5.74) is 0.116. The summed E-state index contributed by atoms with van der Waals surface area (Å²) in [6, 6.07) is 0. The lowest BCUT2D eigenvalue weighted by Gasteiger charge is -2.34. The van der Waals surface area contributed by atoms with Gasteiger partial charge in [0.05, 0.1) is 0 Å². The van der Waals surface area contributed by atoms with E-state index in [1.807, 2.05) is 10.6 Å². The number of aryl methyl sites for hydroxylation is 2. The normalized spacial score (nSPS) is 16.0. The van der Waals surface area contributed by atoms with E-state index in [0.717, 1.165) is 45.1 Å². The molecule has 0 amide bonds. The monoisotopic (exact) mass is 332 g/mol. The van der Waals surface area contributed by atoms with Gasteiger partial charge in [-0.25, -0.2) is 4.79 Å². The maximum atomic E-state index is 12.3. The predicted octanol–water partition coefficient (Wildman–Crippen LogP) is 0.141. The number of hydrogen-bond donors (Lipinski definition) is 1. The first-order chi connectivity index (χ1) is 11.6. The molecule has 24 heavy (non-hydrogen) atoms. The minimum Gasteiger partial charge on any atom is -0.340 e. The summed E-state index contributed by atoms with van der Waals surface area (Å²) in [6.07, 6.45) is 2.80. The number of nitrogens with one attached hydrogen (secondary N) is 1. The summed E-state index contributed by atoms with van der Waals surface area (Å²) in [5.74, 6) is 0.775. The molecule has 1 saturated heterocycles. The average molecular weight is 332 g/mol. The van der Waals surface area contributed by atoms with E-state index < -0.39 is 5.69 Å². The highest BCUT2D eigenvalue weighted by Crippen LogP contribution is 2.21. The van der Waals surface area contributed by atoms with Crippen LogP contribution in [0.2, 0.25) is 0 Å². The van der Waals surface area contributed by atoms with E-state index in [9.17, 15) is 9.59 Å². The van der Waals surface area contributed by atoms with Crippen molar-refractivity contribution in [1.29, 1.82) is 0 Å². The van der Waals surface area contributed by atoms with Crippen LogP contribution in [-0.2, 0) is 13.6 Å². The third kappa shape index (κ3) is 2.77. The Labute approximate surface area is 140 Å². The van der Waals surface area contributed by atoms with E-state index in [1.165, 1.54) is 4.57 Å². The van der Waals surface area contributed by atoms with Crippen LogP contribution in [0.15, 0.2) is 22.2 Å². The first-order valence-electron chi connectivity index (χ1n) is 8.34. The van der Waals surface area contributed by atoms with Crippen molar-refractivity contribution in [2.45, 2.75) is 19.9 Å². The number of aromatic nitrogens is 4. The number of anilines is 1. The molecule has 1 N–H and O–H groups in total. The van der Waals surface area contributed by atoms with Gasteiger partial charge in [-0.3, -0.25) is 19.2 Å². The van der Waals surface area contributed by atoms with Gasteiger partial charge in [0, 0.05) is 46.3 Å². The van der Waals surface area contributed by atoms with E-state index in [0.29, 0.717) is 17.7 Å². The molecular weight excluding hydrogens is 308 g/mol. The van der Waals surface area contributed by atoms with Crippen LogP contribution in [0.25, 0.3) is 11.2 Å². The zero-order valence-corrected chi connectivity index (χ0v) is 14.3. The summed E-state index contributed by atoms with van der Waals surface area (Å²) in [6.45, 7) is 11.0. The summed E-state index contributed by atoms with van der Waals surface area (Å²) in [5, 5.41) is 0. The Kier molecular flexibility index (Phi) is 4.57. The van der Waals surface area contributed by atoms with Crippen LogP contribution in [-0.4, -0.2) is 56.7 Å². The van der Waals surface area contributed by atoms with Crippen molar-refractivity contribution in [3.63, 3.8) is 0 Å². The fraction of sp³-hybridized carbons (Fsp3) is 0.562. The highest BCUT2D eigenvalue weighted by molar-refractivity contribution is 5.74. The summed E-state index contributed by atoms with van der Waals surface area (Å²) < 4.78 is 3.34. The smallest absolute Gasteiger partial charge is 0.329 e. The molecule has 0 spiro atoms. The Morgan fingerprint density at radius 3 is 2.58 bits per heavy atom. The van der Waals surface area contributed by atoms with Crippen LogP contribution in [0.5, 0.6) is 0 Å². The quantitative estimate of drug-likeness (QED) is 0.788. The van der Waals surface area contributed by atoms with Gasteiger partial charge in [0.25, 0.3) is 5.56 Å². The second kappa shape index (κ2) is 6.64. The molecule has 0 atom stereocenters. The van der Waals surface area contributed by atoms with Crippen LogP contribution in [0.1, 0.15) is 13.3 Å². The topological polar surface area (TPSA) is 79.2 Å².